The van der Waals surface area contributed by atoms with Gasteiger partial charge in [-0.25, -0.2) is 5.21 Å². The summed E-state index contributed by atoms with van der Waals surface area (Å²) >= 11 is 0. The van der Waals surface area contributed by atoms with Crippen molar-refractivity contribution in [2.45, 2.75) is 6.92 Å². The van der Waals surface area contributed by atoms with Gasteiger partial charge < -0.3 is 16.2 Å². The van der Waals surface area contributed by atoms with Gasteiger partial charge in [-0.15, -0.1) is 0 Å². The molecular weight excluding hydrogens is 202 g/mol. The number of hydrogen-bond acceptors (Lipinski definition) is 4. The van der Waals surface area contributed by atoms with Gasteiger partial charge in [-0.05, 0) is 0 Å². The molecule has 0 aliphatic heterocycles. The van der Waals surface area contributed by atoms with Gasteiger partial charge in [0.05, 0.1) is 16.3 Å². The van der Waals surface area contributed by atoms with Gasteiger partial charge in [0.2, 0.25) is 5.91 Å². The van der Waals surface area contributed by atoms with E-state index in [2.05, 4.69) is 5.32 Å². The zero-order valence-electron chi connectivity index (χ0n) is 7.89. The smallest absolute Gasteiger partial charge is 0.320 e. The topological polar surface area (TPSA) is 116 Å². The lowest BCUT2D eigenvalue weighted by Gasteiger charge is -2.05. The molecule has 0 saturated heterocycles. The molecular formula is C8H10N3O4+. The molecule has 15 heavy (non-hydrogen) atoms. The van der Waals surface area contributed by atoms with Crippen LogP contribution < -0.4 is 11.1 Å². The molecule has 1 rings (SSSR count). The molecule has 7 nitrogen and oxygen atoms in total. The molecule has 0 atom stereocenters. The number of rotatable bonds is 2. The number of nitrogen functional groups attached to an aromatic ring is 1. The Morgan fingerprint density at radius 1 is 1.53 bits per heavy atom. The number of benzene rings is 1. The third-order valence-corrected chi connectivity index (χ3v) is 1.66. The molecule has 0 aromatic heterocycles. The van der Waals surface area contributed by atoms with E-state index >= 15 is 0 Å². The van der Waals surface area contributed by atoms with Gasteiger partial charge in [-0.3, -0.25) is 4.79 Å². The first kappa shape index (κ1) is 10.8. The molecule has 0 heterocycles. The molecule has 1 aromatic carbocycles. The predicted octanol–water partition coefficient (Wildman–Crippen LogP) is 0.732. The van der Waals surface area contributed by atoms with Crippen molar-refractivity contribution in [3.05, 3.63) is 17.0 Å². The van der Waals surface area contributed by atoms with Gasteiger partial charge in [0.25, 0.3) is 4.92 Å². The lowest BCUT2D eigenvalue weighted by molar-refractivity contribution is -0.729. The number of nitrogens with one attached hydrogen (secondary N) is 1. The van der Waals surface area contributed by atoms with Gasteiger partial charge in [0, 0.05) is 19.1 Å². The van der Waals surface area contributed by atoms with Crippen molar-refractivity contribution in [1.29, 1.82) is 0 Å². The van der Waals surface area contributed by atoms with Crippen molar-refractivity contribution in [2.75, 3.05) is 11.1 Å². The van der Waals surface area contributed by atoms with Crippen LogP contribution in [0.15, 0.2) is 12.1 Å². The van der Waals surface area contributed by atoms with Crippen LogP contribution in [-0.4, -0.2) is 21.1 Å². The van der Waals surface area contributed by atoms with Crippen LogP contribution in [0.1, 0.15) is 6.92 Å². The Morgan fingerprint density at radius 2 is 2.13 bits per heavy atom. The van der Waals surface area contributed by atoms with E-state index in [0.717, 1.165) is 12.1 Å². The van der Waals surface area contributed by atoms with Gasteiger partial charge in [0.1, 0.15) is 0 Å². The highest BCUT2D eigenvalue weighted by Crippen LogP contribution is 2.34. The van der Waals surface area contributed by atoms with Gasteiger partial charge in [-0.2, -0.15) is 0 Å². The van der Waals surface area contributed by atoms with Crippen LogP contribution in [0.3, 0.4) is 0 Å². The second-order valence-corrected chi connectivity index (χ2v) is 2.89. The first-order valence-electron chi connectivity index (χ1n) is 3.98. The largest absolute Gasteiger partial charge is 0.504 e. The maximum Gasteiger partial charge on any atom is 0.320 e. The molecule has 0 aliphatic rings. The van der Waals surface area contributed by atoms with Crippen LogP contribution in [0, 0.1) is 4.91 Å². The van der Waals surface area contributed by atoms with E-state index in [1.165, 1.54) is 6.92 Å². The minimum Gasteiger partial charge on any atom is -0.504 e. The van der Waals surface area contributed by atoms with E-state index in [1.54, 1.807) is 0 Å². The van der Waals surface area contributed by atoms with E-state index in [4.69, 9.17) is 10.9 Å². The minimum absolute atomic E-state index is 0.0348. The summed E-state index contributed by atoms with van der Waals surface area (Å²) in [6, 6.07) is 2.17. The number of amides is 1. The number of carbonyl (C=O) groups excluding carboxylic acids is 1. The molecule has 0 fully saturated rings. The van der Waals surface area contributed by atoms with E-state index in [0.29, 0.717) is 0 Å². The molecule has 0 spiro atoms. The zero-order valence-corrected chi connectivity index (χ0v) is 7.89. The highest BCUT2D eigenvalue weighted by atomic mass is 16.6. The average molecular weight is 212 g/mol. The van der Waals surface area contributed by atoms with Crippen molar-refractivity contribution in [3.63, 3.8) is 0 Å². The standard InChI is InChI=1S/C8H9N3O4/c1-4(12)10-7-3-5(11(14)15)2-6(9)8(7)13/h2-3H,9H2,1H3,(H2-,10,12,13,14,15)/p+1. The molecule has 1 aromatic rings. The van der Waals surface area contributed by atoms with Gasteiger partial charge in [-0.1, -0.05) is 0 Å². The molecule has 7 heteroatoms. The predicted molar refractivity (Wildman–Crippen MR) is 51.9 cm³/mol. The SMILES string of the molecule is CC(=O)Nc1cc([N+](=O)O)cc(N)c1O. The summed E-state index contributed by atoms with van der Waals surface area (Å²) in [6.45, 7) is 1.23. The van der Waals surface area contributed by atoms with Crippen molar-refractivity contribution in [1.82, 2.24) is 0 Å². The monoisotopic (exact) mass is 212 g/mol. The number of hydrogen-bond donors (Lipinski definition) is 4. The van der Waals surface area contributed by atoms with Crippen molar-refractivity contribution in [2.24, 2.45) is 0 Å². The summed E-state index contributed by atoms with van der Waals surface area (Å²) in [6.07, 6.45) is 0. The maximum absolute atomic E-state index is 10.7. The van der Waals surface area contributed by atoms with Gasteiger partial charge in [0.15, 0.2) is 5.75 Å². The van der Waals surface area contributed by atoms with Crippen LogP contribution in [-0.2, 0) is 4.79 Å². The quantitative estimate of drug-likeness (QED) is 0.327. The van der Waals surface area contributed by atoms with Crippen molar-refractivity contribution in [3.8, 4) is 5.75 Å². The number of aromatic hydroxyl groups is 1. The molecule has 0 aliphatic carbocycles. The number of nitrogens with zero attached hydrogens (tertiary/aromatic N) is 1. The van der Waals surface area contributed by atoms with Crippen LogP contribution >= 0.6 is 0 Å². The third kappa shape index (κ3) is 2.33. The van der Waals surface area contributed by atoms with Crippen LogP contribution in [0.4, 0.5) is 17.1 Å². The number of carbonyl (C=O) groups is 1. The molecule has 5 N–H and O–H groups in total. The summed E-state index contributed by atoms with van der Waals surface area (Å²) in [4.78, 5) is 20.9. The lowest BCUT2D eigenvalue weighted by atomic mass is 10.2. The second-order valence-electron chi connectivity index (χ2n) is 2.89. The summed E-state index contributed by atoms with van der Waals surface area (Å²) in [7, 11) is 0. The Hall–Kier alpha value is -2.31. The Morgan fingerprint density at radius 3 is 2.60 bits per heavy atom. The molecule has 1 amide bonds. The minimum atomic E-state index is -0.433. The Balaban J connectivity index is 3.24. The third-order valence-electron chi connectivity index (χ3n) is 1.66. The lowest BCUT2D eigenvalue weighted by Crippen LogP contribution is -2.07. The molecule has 0 bridgehead atoms. The first-order chi connectivity index (χ1) is 6.91. The summed E-state index contributed by atoms with van der Waals surface area (Å²) in [5.41, 5.74) is 5.02. The van der Waals surface area contributed by atoms with Crippen LogP contribution in [0.2, 0.25) is 0 Å². The van der Waals surface area contributed by atoms with Gasteiger partial charge >= 0.3 is 5.69 Å². The molecule has 0 saturated carbocycles. The fraction of sp³-hybridized carbons (Fsp3) is 0.125. The van der Waals surface area contributed by atoms with E-state index in [1.807, 2.05) is 0 Å². The Kier molecular flexibility index (Phi) is 2.75. The normalized spacial score (nSPS) is 9.67. The highest BCUT2D eigenvalue weighted by molar-refractivity contribution is 5.92. The number of anilines is 2. The van der Waals surface area contributed by atoms with E-state index in [9.17, 15) is 14.8 Å². The molecule has 0 radical (unpaired) electrons. The van der Waals surface area contributed by atoms with E-state index < -0.39 is 10.8 Å². The van der Waals surface area contributed by atoms with Crippen molar-refractivity contribution < 1.29 is 20.0 Å². The Labute approximate surface area is 84.7 Å². The van der Waals surface area contributed by atoms with E-state index in [-0.39, 0.29) is 22.8 Å². The zero-order chi connectivity index (χ0) is 11.6. The first-order valence-corrected chi connectivity index (χ1v) is 3.98. The number of phenols is 1. The number of nitrogens with two attached hydrogens (primary N) is 1. The molecule has 0 unspecified atom stereocenters. The maximum atomic E-state index is 10.7. The summed E-state index contributed by atoms with van der Waals surface area (Å²) < 4.78 is 0. The Bertz CT molecular complexity index is 430. The fourth-order valence-electron chi connectivity index (χ4n) is 1.04. The van der Waals surface area contributed by atoms with Crippen LogP contribution in [0.25, 0.3) is 0 Å². The summed E-state index contributed by atoms with van der Waals surface area (Å²) in [5.74, 6) is -0.784. The number of phenolic OH excluding ortho intramolecular Hbond substituents is 1. The second kappa shape index (κ2) is 3.82. The van der Waals surface area contributed by atoms with Crippen molar-refractivity contribution >= 4 is 23.0 Å². The highest BCUT2D eigenvalue weighted by Gasteiger charge is 2.18. The molecule has 80 valence electrons. The average Bonchev–Trinajstić information content (AvgIpc) is 2.11. The van der Waals surface area contributed by atoms with Crippen LogP contribution in [0.5, 0.6) is 5.75 Å². The summed E-state index contributed by atoms with van der Waals surface area (Å²) in [5, 5.41) is 20.3. The fourth-order valence-corrected chi connectivity index (χ4v) is 1.04.